The minimum absolute atomic E-state index is 0.0122. The van der Waals surface area contributed by atoms with Crippen molar-refractivity contribution in [1.82, 2.24) is 0 Å². The molecule has 0 aliphatic carbocycles. The minimum atomic E-state index is -2.16. The molecule has 0 aromatic heterocycles. The van der Waals surface area contributed by atoms with Crippen LogP contribution in [0.25, 0.3) is 0 Å². The van der Waals surface area contributed by atoms with Gasteiger partial charge in [-0.05, 0) is 79.8 Å². The summed E-state index contributed by atoms with van der Waals surface area (Å²) in [5, 5.41) is 43.3. The zero-order valence-corrected chi connectivity index (χ0v) is 32.8. The molecule has 0 amide bonds. The molecule has 10 nitrogen and oxygen atoms in total. The zero-order chi connectivity index (χ0) is 35.8. The summed E-state index contributed by atoms with van der Waals surface area (Å²) in [6.07, 6.45) is -2.14. The third kappa shape index (κ3) is 13.1. The lowest BCUT2D eigenvalue weighted by atomic mass is 9.91. The summed E-state index contributed by atoms with van der Waals surface area (Å²) in [5.74, 6) is -1.58. The average Bonchev–Trinajstić information content (AvgIpc) is 2.90. The van der Waals surface area contributed by atoms with E-state index in [4.69, 9.17) is 23.1 Å². The number of benzene rings is 1. The van der Waals surface area contributed by atoms with E-state index in [1.165, 1.54) is 0 Å². The molecule has 0 spiro atoms. The van der Waals surface area contributed by atoms with Crippen LogP contribution in [0.4, 0.5) is 0 Å². The second-order valence-electron chi connectivity index (χ2n) is 16.3. The molecule has 1 fully saturated rings. The highest BCUT2D eigenvalue weighted by Crippen LogP contribution is 2.42. The van der Waals surface area contributed by atoms with Gasteiger partial charge in [0.15, 0.2) is 22.4 Å². The van der Waals surface area contributed by atoms with Gasteiger partial charge in [0.05, 0.1) is 37.1 Å². The Balaban J connectivity index is 2.11. The van der Waals surface area contributed by atoms with Crippen molar-refractivity contribution in [1.29, 1.82) is 0 Å². The highest BCUT2D eigenvalue weighted by Gasteiger charge is 2.46. The Morgan fingerprint density at radius 1 is 0.979 bits per heavy atom. The Morgan fingerprint density at radius 3 is 2.11 bits per heavy atom. The molecule has 0 radical (unpaired) electrons. The van der Waals surface area contributed by atoms with Gasteiger partial charge in [0.1, 0.15) is 11.9 Å². The summed E-state index contributed by atoms with van der Waals surface area (Å²) in [6, 6.07) is 6.62. The standard InChI is InChI=1S/C35H64O10Si2/c1-33(2,3)46(8,9)42-19-17-29(43-32(39)25-12-14-28(41-7)15-13-25)21-26(37)20-27(38)23-35(40)24-31(22-30(44-35)16-18-36)45-47(10,11)34(4,5)6/h12-15,26-27,29-31,36-38,40H,16-24H2,1-11H3/t26-,27-,29+,30-,31-,35?/m0/s1. The number of aliphatic hydroxyl groups excluding tert-OH is 3. The van der Waals surface area contributed by atoms with Gasteiger partial charge in [-0.2, -0.15) is 0 Å². The van der Waals surface area contributed by atoms with E-state index in [0.717, 1.165) is 0 Å². The smallest absolute Gasteiger partial charge is 0.338 e. The first-order valence-electron chi connectivity index (χ1n) is 17.0. The fourth-order valence-electron chi connectivity index (χ4n) is 5.27. The van der Waals surface area contributed by atoms with Gasteiger partial charge in [-0.25, -0.2) is 4.79 Å². The monoisotopic (exact) mass is 700 g/mol. The molecule has 47 heavy (non-hydrogen) atoms. The molecule has 12 heteroatoms. The molecule has 1 heterocycles. The van der Waals surface area contributed by atoms with E-state index in [0.29, 0.717) is 37.2 Å². The van der Waals surface area contributed by atoms with Crippen LogP contribution >= 0.6 is 0 Å². The molecule has 1 unspecified atom stereocenters. The SMILES string of the molecule is COc1ccc(C(=O)O[C@H](CCO[Si](C)(C)C(C)(C)C)C[C@@H](O)C[C@H](O)CC2(O)C[C@@H](O[Si](C)(C)C(C)(C)C)C[C@H](CCO)O2)cc1. The molecule has 4 N–H and O–H groups in total. The second-order valence-corrected chi connectivity index (χ2v) is 25.8. The highest BCUT2D eigenvalue weighted by molar-refractivity contribution is 6.74. The number of hydrogen-bond donors (Lipinski definition) is 4. The molecule has 6 atom stereocenters. The summed E-state index contributed by atoms with van der Waals surface area (Å²) < 4.78 is 30.0. The maximum atomic E-state index is 13.1. The molecular weight excluding hydrogens is 637 g/mol. The number of carbonyl (C=O) groups excluding carboxylic acids is 1. The molecular formula is C35H64O10Si2. The van der Waals surface area contributed by atoms with Crippen LogP contribution in [0, 0.1) is 0 Å². The van der Waals surface area contributed by atoms with Gasteiger partial charge in [-0.15, -0.1) is 0 Å². The maximum Gasteiger partial charge on any atom is 0.338 e. The predicted molar refractivity (Wildman–Crippen MR) is 189 cm³/mol. The van der Waals surface area contributed by atoms with E-state index < -0.39 is 52.8 Å². The number of ether oxygens (including phenoxy) is 3. The van der Waals surface area contributed by atoms with Gasteiger partial charge in [0.2, 0.25) is 0 Å². The van der Waals surface area contributed by atoms with E-state index in [1.807, 2.05) is 0 Å². The Bertz CT molecular complexity index is 1100. The van der Waals surface area contributed by atoms with Gasteiger partial charge in [-0.1, -0.05) is 41.5 Å². The molecule has 2 rings (SSSR count). The van der Waals surface area contributed by atoms with Crippen molar-refractivity contribution < 1.29 is 48.3 Å². The topological polar surface area (TPSA) is 144 Å². The van der Waals surface area contributed by atoms with Crippen LogP contribution in [-0.2, 0) is 18.3 Å². The lowest BCUT2D eigenvalue weighted by Crippen LogP contribution is -2.53. The first-order valence-corrected chi connectivity index (χ1v) is 22.9. The number of aliphatic hydroxyl groups is 4. The molecule has 1 saturated heterocycles. The van der Waals surface area contributed by atoms with Crippen molar-refractivity contribution >= 4 is 22.6 Å². The van der Waals surface area contributed by atoms with Crippen LogP contribution in [0.15, 0.2) is 24.3 Å². The molecule has 0 saturated carbocycles. The number of carbonyl (C=O) groups is 1. The number of rotatable bonds is 17. The number of methoxy groups -OCH3 is 1. The van der Waals surface area contributed by atoms with Crippen LogP contribution in [0.3, 0.4) is 0 Å². The summed E-state index contributed by atoms with van der Waals surface area (Å²) in [5.41, 5.74) is 0.360. The van der Waals surface area contributed by atoms with Gasteiger partial charge >= 0.3 is 5.97 Å². The van der Waals surface area contributed by atoms with Crippen molar-refractivity contribution in [3.63, 3.8) is 0 Å². The third-order valence-corrected chi connectivity index (χ3v) is 19.2. The van der Waals surface area contributed by atoms with Crippen molar-refractivity contribution in [2.24, 2.45) is 0 Å². The van der Waals surface area contributed by atoms with Gasteiger partial charge < -0.3 is 43.5 Å². The molecule has 0 bridgehead atoms. The molecule has 1 aromatic rings. The van der Waals surface area contributed by atoms with Crippen molar-refractivity contribution in [2.75, 3.05) is 20.3 Å². The fraction of sp³-hybridized carbons (Fsp3) is 0.800. The summed E-state index contributed by atoms with van der Waals surface area (Å²) >= 11 is 0. The Kier molecular flexibility index (Phi) is 15.2. The van der Waals surface area contributed by atoms with Gasteiger partial charge in [-0.3, -0.25) is 0 Å². The van der Waals surface area contributed by atoms with E-state index in [9.17, 15) is 25.2 Å². The summed E-state index contributed by atoms with van der Waals surface area (Å²) in [4.78, 5) is 13.1. The maximum absolute atomic E-state index is 13.1. The van der Waals surface area contributed by atoms with E-state index >= 15 is 0 Å². The minimum Gasteiger partial charge on any atom is -0.497 e. The third-order valence-electron chi connectivity index (χ3n) is 10.1. The molecule has 1 aliphatic heterocycles. The highest BCUT2D eigenvalue weighted by atomic mass is 28.4. The summed E-state index contributed by atoms with van der Waals surface area (Å²) in [7, 11) is -2.66. The Morgan fingerprint density at radius 2 is 1.57 bits per heavy atom. The Hall–Kier alpha value is -1.36. The lowest BCUT2D eigenvalue weighted by Gasteiger charge is -2.46. The largest absolute Gasteiger partial charge is 0.497 e. The first-order chi connectivity index (χ1) is 21.5. The van der Waals surface area contributed by atoms with Crippen LogP contribution in [-0.4, -0.2) is 99.7 Å². The quantitative estimate of drug-likeness (QED) is 0.110. The Labute approximate surface area is 285 Å². The number of esters is 1. The van der Waals surface area contributed by atoms with E-state index in [-0.39, 0.29) is 48.5 Å². The van der Waals surface area contributed by atoms with Crippen molar-refractivity contribution in [2.45, 2.75) is 159 Å². The fourth-order valence-corrected chi connectivity index (χ4v) is 7.70. The molecule has 1 aromatic carbocycles. The first kappa shape index (κ1) is 41.8. The van der Waals surface area contributed by atoms with Crippen molar-refractivity contribution in [3.8, 4) is 5.75 Å². The van der Waals surface area contributed by atoms with Crippen LogP contribution in [0.5, 0.6) is 5.75 Å². The lowest BCUT2D eigenvalue weighted by molar-refractivity contribution is -0.283. The molecule has 1 aliphatic rings. The van der Waals surface area contributed by atoms with Gasteiger partial charge in [0, 0.05) is 38.9 Å². The van der Waals surface area contributed by atoms with Crippen LogP contribution in [0.1, 0.15) is 96.8 Å². The predicted octanol–water partition coefficient (Wildman–Crippen LogP) is 6.17. The van der Waals surface area contributed by atoms with Gasteiger partial charge in [0.25, 0.3) is 0 Å². The number of hydrogen-bond acceptors (Lipinski definition) is 10. The van der Waals surface area contributed by atoms with Crippen molar-refractivity contribution in [3.05, 3.63) is 29.8 Å². The van der Waals surface area contributed by atoms with Crippen LogP contribution < -0.4 is 4.74 Å². The molecule has 272 valence electrons. The summed E-state index contributed by atoms with van der Waals surface area (Å²) in [6.45, 7) is 21.8. The normalized spacial score (nSPS) is 23.2. The average molecular weight is 701 g/mol. The second kappa shape index (κ2) is 17.0. The zero-order valence-electron chi connectivity index (χ0n) is 30.8. The van der Waals surface area contributed by atoms with Crippen LogP contribution in [0.2, 0.25) is 36.3 Å². The van der Waals surface area contributed by atoms with E-state index in [1.54, 1.807) is 31.4 Å². The van der Waals surface area contributed by atoms with E-state index in [2.05, 4.69) is 67.7 Å².